The second-order valence-electron chi connectivity index (χ2n) is 8.18. The number of thiophene rings is 1. The minimum absolute atomic E-state index is 0.0248. The highest BCUT2D eigenvalue weighted by atomic mass is 35.5. The van der Waals surface area contributed by atoms with Crippen molar-refractivity contribution in [1.29, 1.82) is 5.26 Å². The zero-order chi connectivity index (χ0) is 23.2. The first-order chi connectivity index (χ1) is 15.1. The average Bonchev–Trinajstić information content (AvgIpc) is 3.31. The fraction of sp³-hybridized carbons (Fsp3) is 0.174. The van der Waals surface area contributed by atoms with Crippen LogP contribution in [0.15, 0.2) is 52.7 Å². The van der Waals surface area contributed by atoms with Crippen LogP contribution >= 0.6 is 22.9 Å². The zero-order valence-electron chi connectivity index (χ0n) is 17.4. The summed E-state index contributed by atoms with van der Waals surface area (Å²) in [5.74, 6) is -1.24. The van der Waals surface area contributed by atoms with Gasteiger partial charge in [-0.25, -0.2) is 9.62 Å². The molecule has 32 heavy (non-hydrogen) atoms. The summed E-state index contributed by atoms with van der Waals surface area (Å²) in [6.45, 7) is 6.27. The monoisotopic (exact) mass is 483 g/mol. The number of nitrogens with zero attached hydrogens (tertiary/aromatic N) is 2. The summed E-state index contributed by atoms with van der Waals surface area (Å²) in [7, 11) is 0. The Bertz CT molecular complexity index is 1270. The molecule has 1 atom stereocenters. The summed E-state index contributed by atoms with van der Waals surface area (Å²) in [6, 6.07) is 13.9. The number of nitrogens with one attached hydrogen (secondary N) is 1. The predicted octanol–water partition coefficient (Wildman–Crippen LogP) is 5.51. The van der Waals surface area contributed by atoms with Crippen LogP contribution in [0.25, 0.3) is 0 Å². The number of anilines is 2. The first-order valence-electron chi connectivity index (χ1n) is 9.61. The van der Waals surface area contributed by atoms with Gasteiger partial charge < -0.3 is 4.55 Å². The van der Waals surface area contributed by atoms with Crippen molar-refractivity contribution in [3.63, 3.8) is 0 Å². The zero-order valence-corrected chi connectivity index (χ0v) is 19.8. The van der Waals surface area contributed by atoms with Gasteiger partial charge in [0.1, 0.15) is 22.3 Å². The summed E-state index contributed by atoms with van der Waals surface area (Å²) in [6.07, 6.45) is 0. The molecule has 1 unspecified atom stereocenters. The number of fused-ring (bicyclic) bond motifs is 1. The van der Waals surface area contributed by atoms with Crippen LogP contribution in [0.5, 0.6) is 0 Å². The predicted molar refractivity (Wildman–Crippen MR) is 127 cm³/mol. The van der Waals surface area contributed by atoms with Crippen LogP contribution in [0, 0.1) is 11.3 Å². The van der Waals surface area contributed by atoms with Gasteiger partial charge in [-0.15, -0.1) is 11.3 Å². The molecule has 2 heterocycles. The Labute approximate surface area is 197 Å². The van der Waals surface area contributed by atoms with Crippen molar-refractivity contribution < 1.29 is 14.1 Å². The first kappa shape index (κ1) is 22.4. The van der Waals surface area contributed by atoms with Gasteiger partial charge in [-0.1, -0.05) is 44.5 Å². The van der Waals surface area contributed by atoms with Crippen LogP contribution in [0.2, 0.25) is 5.02 Å². The van der Waals surface area contributed by atoms with Crippen LogP contribution in [0.3, 0.4) is 0 Å². The molecule has 1 aromatic heterocycles. The quantitative estimate of drug-likeness (QED) is 0.390. The number of carbonyl (C=O) groups excluding carboxylic acids is 2. The number of rotatable bonds is 4. The Morgan fingerprint density at radius 2 is 1.72 bits per heavy atom. The number of nitriles is 1. The lowest BCUT2D eigenvalue weighted by Gasteiger charge is -2.19. The van der Waals surface area contributed by atoms with E-state index in [9.17, 15) is 19.4 Å². The van der Waals surface area contributed by atoms with Gasteiger partial charge in [0.25, 0.3) is 11.8 Å². The van der Waals surface area contributed by atoms with E-state index in [1.807, 2.05) is 18.2 Å². The lowest BCUT2D eigenvalue weighted by atomic mass is 9.87. The van der Waals surface area contributed by atoms with E-state index in [-0.39, 0.29) is 37.8 Å². The van der Waals surface area contributed by atoms with E-state index in [4.69, 9.17) is 11.6 Å². The smallest absolute Gasteiger partial charge is 0.268 e. The van der Waals surface area contributed by atoms with E-state index in [0.717, 1.165) is 21.8 Å². The van der Waals surface area contributed by atoms with Gasteiger partial charge in [0.2, 0.25) is 0 Å². The highest BCUT2D eigenvalue weighted by Crippen LogP contribution is 2.39. The van der Waals surface area contributed by atoms with E-state index < -0.39 is 23.2 Å². The van der Waals surface area contributed by atoms with Crippen molar-refractivity contribution in [1.82, 2.24) is 0 Å². The van der Waals surface area contributed by atoms with E-state index in [1.165, 1.54) is 12.1 Å². The van der Waals surface area contributed by atoms with Gasteiger partial charge in [-0.2, -0.15) is 5.26 Å². The molecule has 1 N–H and O–H groups in total. The number of carbonyl (C=O) groups is 2. The fourth-order valence-electron chi connectivity index (χ4n) is 3.43. The molecule has 1 aliphatic rings. The summed E-state index contributed by atoms with van der Waals surface area (Å²) in [4.78, 5) is 28.0. The van der Waals surface area contributed by atoms with E-state index >= 15 is 0 Å². The molecule has 0 bridgehead atoms. The van der Waals surface area contributed by atoms with Crippen LogP contribution in [-0.2, 0) is 16.8 Å². The SMILES string of the molecule is CC(C)(C)c1ccc([S+]([O-])Nc2ccc(Cl)c3c2C(=O)N(c2ccsc2C#N)C3=O)cc1. The molecular weight excluding hydrogens is 466 g/mol. The van der Waals surface area contributed by atoms with E-state index in [2.05, 4.69) is 25.5 Å². The number of halogens is 1. The van der Waals surface area contributed by atoms with Crippen LogP contribution in [0.4, 0.5) is 11.4 Å². The van der Waals surface area contributed by atoms with Crippen molar-refractivity contribution in [2.45, 2.75) is 31.1 Å². The molecule has 0 radical (unpaired) electrons. The molecule has 3 aromatic rings. The summed E-state index contributed by atoms with van der Waals surface area (Å²) in [5.41, 5.74) is 1.58. The Morgan fingerprint density at radius 3 is 2.34 bits per heavy atom. The molecule has 2 amide bonds. The molecule has 0 saturated heterocycles. The minimum Gasteiger partial charge on any atom is -0.588 e. The number of hydrogen-bond donors (Lipinski definition) is 1. The van der Waals surface area contributed by atoms with Gasteiger partial charge >= 0.3 is 0 Å². The van der Waals surface area contributed by atoms with Gasteiger partial charge in [0, 0.05) is 0 Å². The van der Waals surface area contributed by atoms with E-state index in [0.29, 0.717) is 4.90 Å². The average molecular weight is 484 g/mol. The molecule has 6 nitrogen and oxygen atoms in total. The van der Waals surface area contributed by atoms with Crippen molar-refractivity contribution in [2.75, 3.05) is 9.62 Å². The lowest BCUT2D eigenvalue weighted by Crippen LogP contribution is -2.29. The molecule has 0 fully saturated rings. The maximum absolute atomic E-state index is 13.2. The summed E-state index contributed by atoms with van der Waals surface area (Å²) < 4.78 is 15.8. The second kappa shape index (κ2) is 8.26. The molecule has 4 rings (SSSR count). The van der Waals surface area contributed by atoms with Gasteiger partial charge in [0.05, 0.1) is 27.5 Å². The van der Waals surface area contributed by atoms with Gasteiger partial charge in [0.15, 0.2) is 4.90 Å². The Kier molecular flexibility index (Phi) is 5.77. The van der Waals surface area contributed by atoms with Crippen molar-refractivity contribution in [3.05, 3.63) is 74.4 Å². The molecule has 0 saturated carbocycles. The summed E-state index contributed by atoms with van der Waals surface area (Å²) >= 11 is 5.71. The van der Waals surface area contributed by atoms with Crippen molar-refractivity contribution in [2.24, 2.45) is 0 Å². The standard InChI is InChI=1S/C23H18ClN3O3S2/c1-23(2,3)13-4-6-14(7-5-13)32(30)26-16-9-8-15(24)19-20(16)22(29)27(21(19)28)17-10-11-31-18(17)12-25/h4-11,26H,1-3H3. The Hall–Kier alpha value is -2.83. The number of amides is 2. The maximum Gasteiger partial charge on any atom is 0.268 e. The van der Waals surface area contributed by atoms with Crippen LogP contribution < -0.4 is 9.62 Å². The highest BCUT2D eigenvalue weighted by molar-refractivity contribution is 7.92. The third-order valence-electron chi connectivity index (χ3n) is 5.11. The molecule has 1 aliphatic heterocycles. The third-order valence-corrected chi connectivity index (χ3v) is 7.34. The van der Waals surface area contributed by atoms with Crippen molar-refractivity contribution in [3.8, 4) is 6.07 Å². The first-order valence-corrected chi connectivity index (χ1v) is 12.0. The molecule has 9 heteroatoms. The molecule has 0 spiro atoms. The minimum atomic E-state index is -1.67. The number of imide groups is 1. The van der Waals surface area contributed by atoms with Crippen LogP contribution in [-0.4, -0.2) is 16.4 Å². The third kappa shape index (κ3) is 3.78. The van der Waals surface area contributed by atoms with Crippen LogP contribution in [0.1, 0.15) is 51.9 Å². The van der Waals surface area contributed by atoms with Gasteiger partial charge in [-0.3, -0.25) is 9.59 Å². The normalized spacial score (nSPS) is 14.3. The fourth-order valence-corrected chi connectivity index (χ4v) is 5.20. The molecule has 162 valence electrons. The largest absolute Gasteiger partial charge is 0.588 e. The topological polar surface area (TPSA) is 96.3 Å². The molecular formula is C23H18ClN3O3S2. The van der Waals surface area contributed by atoms with Gasteiger partial charge in [-0.05, 0) is 46.7 Å². The maximum atomic E-state index is 13.2. The number of benzene rings is 2. The Balaban J connectivity index is 1.69. The Morgan fingerprint density at radius 1 is 1.06 bits per heavy atom. The highest BCUT2D eigenvalue weighted by Gasteiger charge is 2.42. The lowest BCUT2D eigenvalue weighted by molar-refractivity contribution is 0.0926. The second-order valence-corrected chi connectivity index (χ2v) is 10.7. The molecule has 2 aromatic carbocycles. The number of hydrogen-bond acceptors (Lipinski definition) is 6. The van der Waals surface area contributed by atoms with Crippen molar-refractivity contribution >= 4 is 57.5 Å². The summed E-state index contributed by atoms with van der Waals surface area (Å²) in [5, 5.41) is 11.1. The molecule has 0 aliphatic carbocycles. The van der Waals surface area contributed by atoms with E-state index in [1.54, 1.807) is 23.6 Å².